The second-order valence-electron chi connectivity index (χ2n) is 11.6. The summed E-state index contributed by atoms with van der Waals surface area (Å²) >= 11 is 0. The highest BCUT2D eigenvalue weighted by Gasteiger charge is 2.58. The first kappa shape index (κ1) is 32.0. The third kappa shape index (κ3) is 4.83. The summed E-state index contributed by atoms with van der Waals surface area (Å²) in [6.07, 6.45) is -6.49. The summed E-state index contributed by atoms with van der Waals surface area (Å²) in [6.45, 7) is 4.24. The van der Waals surface area contributed by atoms with E-state index in [1.165, 1.54) is 21.1 Å². The largest absolute Gasteiger partial charge is 0.504 e. The molecule has 1 aliphatic carbocycles. The van der Waals surface area contributed by atoms with Crippen molar-refractivity contribution in [1.29, 1.82) is 5.26 Å². The molecule has 0 aromatic heterocycles. The third-order valence-electron chi connectivity index (χ3n) is 9.22. The molecule has 3 aliphatic heterocycles. The fourth-order valence-electron chi connectivity index (χ4n) is 7.22. The van der Waals surface area contributed by atoms with Crippen molar-refractivity contribution in [3.05, 3.63) is 45.2 Å². The Kier molecular flexibility index (Phi) is 7.95. The van der Waals surface area contributed by atoms with Crippen molar-refractivity contribution in [2.75, 3.05) is 21.3 Å². The number of aromatic hydroxyl groups is 1. The number of methoxy groups -OCH3 is 2. The van der Waals surface area contributed by atoms with Crippen molar-refractivity contribution in [1.82, 2.24) is 20.4 Å². The number of phenolic OH excluding ortho intramolecular Hbond substituents is 1. The summed E-state index contributed by atoms with van der Waals surface area (Å²) in [5.74, 6) is -4.81. The Morgan fingerprint density at radius 2 is 1.80 bits per heavy atom. The lowest BCUT2D eigenvalue weighted by Gasteiger charge is -2.60. The smallest absolute Gasteiger partial charge is 0.471 e. The first-order valence-electron chi connectivity index (χ1n) is 14.1. The summed E-state index contributed by atoms with van der Waals surface area (Å²) < 4.78 is 49.6. The number of nitrogens with zero attached hydrogens (tertiary/aromatic N) is 3. The number of carbonyl (C=O) groups is 4. The van der Waals surface area contributed by atoms with E-state index >= 15 is 0 Å². The molecule has 4 aliphatic rings. The van der Waals surface area contributed by atoms with Gasteiger partial charge in [0.1, 0.15) is 18.2 Å². The van der Waals surface area contributed by atoms with Crippen LogP contribution in [0.2, 0.25) is 0 Å². The first-order valence-corrected chi connectivity index (χ1v) is 14.1. The van der Waals surface area contributed by atoms with Crippen molar-refractivity contribution < 1.29 is 46.9 Å². The number of hydrogen-bond acceptors (Lipinski definition) is 10. The van der Waals surface area contributed by atoms with Crippen LogP contribution in [0.25, 0.3) is 0 Å². The summed E-state index contributed by atoms with van der Waals surface area (Å²) in [5, 5.41) is 26.1. The number of allylic oxidation sites excluding steroid dienone is 2. The van der Waals surface area contributed by atoms with Gasteiger partial charge >= 0.3 is 12.1 Å². The molecule has 1 aromatic carbocycles. The zero-order valence-electron chi connectivity index (χ0n) is 25.3. The number of carbonyl (C=O) groups excluding carboxylic acids is 4. The number of nitrogens with one attached hydrogen (secondary N) is 2. The van der Waals surface area contributed by atoms with Crippen LogP contribution in [-0.4, -0.2) is 96.1 Å². The van der Waals surface area contributed by atoms with Crippen LogP contribution in [0.15, 0.2) is 28.5 Å². The molecule has 0 saturated carbocycles. The number of piperazine rings is 1. The molecule has 1 saturated heterocycles. The van der Waals surface area contributed by atoms with Gasteiger partial charge in [0.2, 0.25) is 11.7 Å². The van der Waals surface area contributed by atoms with Gasteiger partial charge in [-0.1, -0.05) is 6.07 Å². The van der Waals surface area contributed by atoms with Crippen LogP contribution >= 0.6 is 0 Å². The first-order chi connectivity index (χ1) is 21.1. The molecule has 240 valence electrons. The van der Waals surface area contributed by atoms with E-state index in [-0.39, 0.29) is 40.4 Å². The molecule has 1 fully saturated rings. The number of hydrogen-bond donors (Lipinski definition) is 3. The van der Waals surface area contributed by atoms with Gasteiger partial charge in [-0.15, -0.1) is 0 Å². The number of rotatable bonds is 5. The van der Waals surface area contributed by atoms with Crippen LogP contribution in [-0.2, 0) is 30.3 Å². The van der Waals surface area contributed by atoms with E-state index in [9.17, 15) is 42.7 Å². The number of nitriles is 1. The Balaban J connectivity index is 1.68. The third-order valence-corrected chi connectivity index (χ3v) is 9.22. The molecular formula is C30H32F3N5O7. The molecule has 5 rings (SSSR count). The van der Waals surface area contributed by atoms with Crippen LogP contribution in [0.4, 0.5) is 13.2 Å². The van der Waals surface area contributed by atoms with Gasteiger partial charge in [0, 0.05) is 34.4 Å². The fourth-order valence-corrected chi connectivity index (χ4v) is 7.22. The van der Waals surface area contributed by atoms with Gasteiger partial charge in [-0.25, -0.2) is 0 Å². The second kappa shape index (κ2) is 11.2. The maximum atomic E-state index is 13.8. The number of aryl methyl sites for hydroxylation is 1. The molecule has 1 aromatic rings. The van der Waals surface area contributed by atoms with Gasteiger partial charge in [-0.05, 0) is 51.8 Å². The van der Waals surface area contributed by atoms with Crippen molar-refractivity contribution >= 4 is 23.4 Å². The second-order valence-corrected chi connectivity index (χ2v) is 11.6. The van der Waals surface area contributed by atoms with Gasteiger partial charge in [0.25, 0.3) is 0 Å². The zero-order valence-corrected chi connectivity index (χ0v) is 25.3. The molecule has 2 amide bonds. The maximum absolute atomic E-state index is 13.8. The summed E-state index contributed by atoms with van der Waals surface area (Å²) in [5.41, 5.74) is 1.86. The van der Waals surface area contributed by atoms with E-state index in [4.69, 9.17) is 9.47 Å². The molecule has 15 heteroatoms. The number of alkyl halides is 3. The monoisotopic (exact) mass is 631 g/mol. The number of halogens is 3. The molecule has 0 spiro atoms. The number of amides is 2. The molecule has 3 heterocycles. The molecule has 0 radical (unpaired) electrons. The zero-order chi connectivity index (χ0) is 33.3. The lowest BCUT2D eigenvalue weighted by Crippen LogP contribution is -2.73. The van der Waals surface area contributed by atoms with Gasteiger partial charge < -0.3 is 25.2 Å². The quantitative estimate of drug-likeness (QED) is 0.406. The summed E-state index contributed by atoms with van der Waals surface area (Å²) in [6, 6.07) is -0.519. The highest BCUT2D eigenvalue weighted by molar-refractivity contribution is 6.25. The predicted molar refractivity (Wildman–Crippen MR) is 149 cm³/mol. The molecule has 6 atom stereocenters. The average molecular weight is 632 g/mol. The highest BCUT2D eigenvalue weighted by atomic mass is 19.4. The van der Waals surface area contributed by atoms with E-state index in [2.05, 4.69) is 11.4 Å². The number of benzene rings is 1. The van der Waals surface area contributed by atoms with Crippen LogP contribution in [0.3, 0.4) is 0 Å². The lowest BCUT2D eigenvalue weighted by atomic mass is 9.71. The topological polar surface area (TPSA) is 161 Å². The number of ketones is 2. The Hall–Kier alpha value is -4.42. The van der Waals surface area contributed by atoms with Crippen molar-refractivity contribution in [3.63, 3.8) is 0 Å². The minimum absolute atomic E-state index is 0.0358. The van der Waals surface area contributed by atoms with E-state index in [0.717, 1.165) is 12.5 Å². The van der Waals surface area contributed by atoms with Crippen LogP contribution in [0, 0.1) is 18.3 Å². The summed E-state index contributed by atoms with van der Waals surface area (Å²) in [4.78, 5) is 56.0. The number of ether oxygens (including phenoxy) is 2. The van der Waals surface area contributed by atoms with E-state index < -0.39 is 65.9 Å². The number of Topliss-reactive ketones (excluding diaryl/α,β-unsaturated/α-hetero) is 2. The lowest BCUT2D eigenvalue weighted by molar-refractivity contribution is -0.174. The normalized spacial score (nSPS) is 27.2. The summed E-state index contributed by atoms with van der Waals surface area (Å²) in [7, 11) is 4.40. The van der Waals surface area contributed by atoms with E-state index in [1.807, 2.05) is 11.0 Å². The van der Waals surface area contributed by atoms with E-state index in [0.29, 0.717) is 17.5 Å². The molecule has 3 unspecified atom stereocenters. The highest BCUT2D eigenvalue weighted by Crippen LogP contribution is 2.53. The fraction of sp³-hybridized carbons (Fsp3) is 0.500. The average Bonchev–Trinajstić information content (AvgIpc) is 2.96. The molecule has 12 nitrogen and oxygen atoms in total. The standard InChI is InChI=1S/C30H32F3N5O7/c1-11-7-14-8-16-18(10-34)38-17(21(37(16)4)19(14)23(40)25(11)44-5)9-15-20(24(41)26(45-6)12(2)22(15)39)27(38)36-28(42)13(3)35-29(43)30(31,32)33/h7,13,16-18,21,27,40H,8-9H2,1-6H3,(H,35,43)(H,36,42)/t13-,16?,17-,18-,21?,27?/m0/s1. The predicted octanol–water partition coefficient (Wildman–Crippen LogP) is 1.47. The van der Waals surface area contributed by atoms with Gasteiger partial charge in [0.15, 0.2) is 23.0 Å². The minimum atomic E-state index is -5.25. The Morgan fingerprint density at radius 1 is 1.13 bits per heavy atom. The number of phenols is 1. The van der Waals surface area contributed by atoms with Gasteiger partial charge in [-0.3, -0.25) is 29.0 Å². The Morgan fingerprint density at radius 3 is 2.38 bits per heavy atom. The van der Waals surface area contributed by atoms with Crippen LogP contribution in [0.1, 0.15) is 43.0 Å². The number of fused-ring (bicyclic) bond motifs is 6. The SMILES string of the molecule is COC1=C(C)C(=O)C2=C(C1=O)C(NC(=O)[C@H](C)NC(=O)C(F)(F)F)N1[C@@H](C#N)C3Cc4cc(C)c(OC)c(O)c4C([C@@H]1C2)N3C. The van der Waals surface area contributed by atoms with Crippen LogP contribution < -0.4 is 15.4 Å². The van der Waals surface area contributed by atoms with Crippen LogP contribution in [0.5, 0.6) is 11.5 Å². The molecule has 45 heavy (non-hydrogen) atoms. The van der Waals surface area contributed by atoms with Crippen molar-refractivity contribution in [3.8, 4) is 17.6 Å². The van der Waals surface area contributed by atoms with Crippen molar-refractivity contribution in [2.45, 2.75) is 76.2 Å². The van der Waals surface area contributed by atoms with Crippen molar-refractivity contribution in [2.24, 2.45) is 0 Å². The van der Waals surface area contributed by atoms with E-state index in [1.54, 1.807) is 24.2 Å². The Labute approximate surface area is 256 Å². The Bertz CT molecular complexity index is 1630. The number of likely N-dealkylation sites (N-methyl/N-ethyl adjacent to an activating group) is 1. The van der Waals surface area contributed by atoms with Gasteiger partial charge in [0.05, 0.1) is 26.3 Å². The molecular weight excluding hydrogens is 599 g/mol. The molecule has 2 bridgehead atoms. The minimum Gasteiger partial charge on any atom is -0.504 e. The van der Waals surface area contributed by atoms with Gasteiger partial charge in [-0.2, -0.15) is 18.4 Å². The molecule has 3 N–H and O–H groups in total. The maximum Gasteiger partial charge on any atom is 0.471 e.